The van der Waals surface area contributed by atoms with Crippen molar-refractivity contribution >= 4 is 5.91 Å². The molecule has 0 fully saturated rings. The molecule has 1 aromatic heterocycles. The van der Waals surface area contributed by atoms with Crippen LogP contribution in [0.2, 0.25) is 0 Å². The fraction of sp³-hybridized carbons (Fsp3) is 0.250. The number of nitrogens with two attached hydrogens (primary N) is 1. The van der Waals surface area contributed by atoms with E-state index < -0.39 is 5.91 Å². The standard InChI is InChI=1S/C16H19N3O/c1-11(19(2)3)12-5-4-6-13(9-12)15-10-14(16(17)20)7-8-18-15/h4-11H,1-3H3,(H2,17,20). The number of rotatable bonds is 4. The molecule has 1 heterocycles. The lowest BCUT2D eigenvalue weighted by molar-refractivity contribution is 0.1000. The van der Waals surface area contributed by atoms with Gasteiger partial charge in [0, 0.05) is 23.4 Å². The minimum atomic E-state index is -0.438. The van der Waals surface area contributed by atoms with E-state index in [1.165, 1.54) is 5.56 Å². The Labute approximate surface area is 119 Å². The molecule has 0 radical (unpaired) electrons. The molecule has 0 aliphatic rings. The average Bonchev–Trinajstić information content (AvgIpc) is 2.46. The van der Waals surface area contributed by atoms with Crippen molar-refractivity contribution in [3.8, 4) is 11.3 Å². The Morgan fingerprint density at radius 1 is 1.25 bits per heavy atom. The minimum Gasteiger partial charge on any atom is -0.366 e. The second-order valence-corrected chi connectivity index (χ2v) is 5.06. The van der Waals surface area contributed by atoms with Gasteiger partial charge in [-0.05, 0) is 44.8 Å². The topological polar surface area (TPSA) is 59.2 Å². The molecule has 0 saturated heterocycles. The van der Waals surface area contributed by atoms with Gasteiger partial charge in [-0.2, -0.15) is 0 Å². The number of hydrogen-bond acceptors (Lipinski definition) is 3. The number of pyridine rings is 1. The van der Waals surface area contributed by atoms with Crippen molar-refractivity contribution in [2.24, 2.45) is 5.73 Å². The molecule has 2 aromatic rings. The van der Waals surface area contributed by atoms with Gasteiger partial charge < -0.3 is 10.6 Å². The maximum absolute atomic E-state index is 11.2. The van der Waals surface area contributed by atoms with Crippen molar-refractivity contribution < 1.29 is 4.79 Å². The molecule has 1 amide bonds. The first-order valence-electron chi connectivity index (χ1n) is 6.51. The molecular formula is C16H19N3O. The first-order chi connectivity index (χ1) is 9.49. The lowest BCUT2D eigenvalue weighted by Crippen LogP contribution is -2.16. The summed E-state index contributed by atoms with van der Waals surface area (Å²) < 4.78 is 0. The highest BCUT2D eigenvalue weighted by molar-refractivity contribution is 5.93. The van der Waals surface area contributed by atoms with E-state index in [-0.39, 0.29) is 0 Å². The summed E-state index contributed by atoms with van der Waals surface area (Å²) in [4.78, 5) is 17.7. The summed E-state index contributed by atoms with van der Waals surface area (Å²) in [5, 5.41) is 0. The van der Waals surface area contributed by atoms with Gasteiger partial charge in [-0.3, -0.25) is 9.78 Å². The number of benzene rings is 1. The number of aromatic nitrogens is 1. The third kappa shape index (κ3) is 3.03. The van der Waals surface area contributed by atoms with Crippen molar-refractivity contribution in [2.45, 2.75) is 13.0 Å². The van der Waals surface area contributed by atoms with E-state index in [4.69, 9.17) is 5.73 Å². The summed E-state index contributed by atoms with van der Waals surface area (Å²) in [6, 6.07) is 11.8. The van der Waals surface area contributed by atoms with Crippen LogP contribution >= 0.6 is 0 Å². The third-order valence-electron chi connectivity index (χ3n) is 3.48. The summed E-state index contributed by atoms with van der Waals surface area (Å²) >= 11 is 0. The molecule has 1 unspecified atom stereocenters. The van der Waals surface area contributed by atoms with Crippen LogP contribution in [-0.2, 0) is 0 Å². The predicted molar refractivity (Wildman–Crippen MR) is 80.3 cm³/mol. The monoisotopic (exact) mass is 269 g/mol. The van der Waals surface area contributed by atoms with E-state index in [1.807, 2.05) is 26.2 Å². The average molecular weight is 269 g/mol. The molecule has 4 heteroatoms. The highest BCUT2D eigenvalue weighted by Gasteiger charge is 2.10. The fourth-order valence-corrected chi connectivity index (χ4v) is 2.00. The van der Waals surface area contributed by atoms with Crippen LogP contribution in [0, 0.1) is 0 Å². The molecule has 0 spiro atoms. The van der Waals surface area contributed by atoms with Crippen molar-refractivity contribution in [3.63, 3.8) is 0 Å². The summed E-state index contributed by atoms with van der Waals surface area (Å²) in [6.45, 7) is 2.15. The van der Waals surface area contributed by atoms with E-state index in [0.29, 0.717) is 11.6 Å². The van der Waals surface area contributed by atoms with E-state index in [0.717, 1.165) is 11.3 Å². The quantitative estimate of drug-likeness (QED) is 0.927. The van der Waals surface area contributed by atoms with Crippen molar-refractivity contribution in [1.82, 2.24) is 9.88 Å². The molecule has 1 atom stereocenters. The Balaban J connectivity index is 2.41. The van der Waals surface area contributed by atoms with Crippen LogP contribution in [0.15, 0.2) is 42.6 Å². The Morgan fingerprint density at radius 2 is 2.00 bits per heavy atom. The SMILES string of the molecule is CC(c1cccc(-c2cc(C(N)=O)ccn2)c1)N(C)C. The van der Waals surface area contributed by atoms with Crippen molar-refractivity contribution in [2.75, 3.05) is 14.1 Å². The summed E-state index contributed by atoms with van der Waals surface area (Å²) in [5.74, 6) is -0.438. The van der Waals surface area contributed by atoms with Gasteiger partial charge in [0.1, 0.15) is 0 Å². The lowest BCUT2D eigenvalue weighted by atomic mass is 10.0. The van der Waals surface area contributed by atoms with Gasteiger partial charge in [-0.1, -0.05) is 18.2 Å². The van der Waals surface area contributed by atoms with E-state index >= 15 is 0 Å². The molecule has 0 aliphatic carbocycles. The molecule has 1 aromatic carbocycles. The highest BCUT2D eigenvalue weighted by Crippen LogP contribution is 2.24. The third-order valence-corrected chi connectivity index (χ3v) is 3.48. The van der Waals surface area contributed by atoms with Gasteiger partial charge in [0.2, 0.25) is 5.91 Å². The maximum atomic E-state index is 11.2. The smallest absolute Gasteiger partial charge is 0.248 e. The van der Waals surface area contributed by atoms with E-state index in [1.54, 1.807) is 18.3 Å². The molecule has 2 N–H and O–H groups in total. The fourth-order valence-electron chi connectivity index (χ4n) is 2.00. The van der Waals surface area contributed by atoms with Gasteiger partial charge in [-0.15, -0.1) is 0 Å². The Kier molecular flexibility index (Phi) is 4.15. The molecule has 0 saturated carbocycles. The molecule has 0 aliphatic heterocycles. The van der Waals surface area contributed by atoms with Crippen LogP contribution in [0.1, 0.15) is 28.9 Å². The van der Waals surface area contributed by atoms with Gasteiger partial charge in [0.05, 0.1) is 5.69 Å². The van der Waals surface area contributed by atoms with Crippen LogP contribution in [0.25, 0.3) is 11.3 Å². The zero-order valence-electron chi connectivity index (χ0n) is 12.0. The van der Waals surface area contributed by atoms with E-state index in [9.17, 15) is 4.79 Å². The number of carbonyl (C=O) groups excluding carboxylic acids is 1. The van der Waals surface area contributed by atoms with Crippen molar-refractivity contribution in [1.29, 1.82) is 0 Å². The van der Waals surface area contributed by atoms with Crippen LogP contribution in [-0.4, -0.2) is 29.9 Å². The van der Waals surface area contributed by atoms with Crippen LogP contribution in [0.3, 0.4) is 0 Å². The minimum absolute atomic E-state index is 0.314. The molecule has 104 valence electrons. The number of amides is 1. The molecule has 2 rings (SSSR count). The second kappa shape index (κ2) is 5.84. The number of hydrogen-bond donors (Lipinski definition) is 1. The molecule has 0 bridgehead atoms. The second-order valence-electron chi connectivity index (χ2n) is 5.06. The Bertz CT molecular complexity index is 623. The van der Waals surface area contributed by atoms with Crippen LogP contribution < -0.4 is 5.73 Å². The first-order valence-corrected chi connectivity index (χ1v) is 6.51. The van der Waals surface area contributed by atoms with Gasteiger partial charge >= 0.3 is 0 Å². The molecule has 20 heavy (non-hydrogen) atoms. The normalized spacial score (nSPS) is 12.4. The predicted octanol–water partition coefficient (Wildman–Crippen LogP) is 2.47. The van der Waals surface area contributed by atoms with Crippen LogP contribution in [0.5, 0.6) is 0 Å². The van der Waals surface area contributed by atoms with Gasteiger partial charge in [0.15, 0.2) is 0 Å². The summed E-state index contributed by atoms with van der Waals surface area (Å²) in [7, 11) is 4.09. The number of nitrogens with zero attached hydrogens (tertiary/aromatic N) is 2. The zero-order chi connectivity index (χ0) is 14.7. The van der Waals surface area contributed by atoms with Gasteiger partial charge in [0.25, 0.3) is 0 Å². The lowest BCUT2D eigenvalue weighted by Gasteiger charge is -2.20. The van der Waals surface area contributed by atoms with Gasteiger partial charge in [-0.25, -0.2) is 0 Å². The molecular weight excluding hydrogens is 250 g/mol. The van der Waals surface area contributed by atoms with E-state index in [2.05, 4.69) is 28.9 Å². The highest BCUT2D eigenvalue weighted by atomic mass is 16.1. The van der Waals surface area contributed by atoms with Crippen molar-refractivity contribution in [3.05, 3.63) is 53.7 Å². The Hall–Kier alpha value is -2.20. The summed E-state index contributed by atoms with van der Waals surface area (Å²) in [5.41, 5.74) is 8.73. The number of carbonyl (C=O) groups is 1. The van der Waals surface area contributed by atoms with Crippen LogP contribution in [0.4, 0.5) is 0 Å². The maximum Gasteiger partial charge on any atom is 0.248 e. The Morgan fingerprint density at radius 3 is 2.65 bits per heavy atom. The zero-order valence-corrected chi connectivity index (χ0v) is 12.0. The largest absolute Gasteiger partial charge is 0.366 e. The molecule has 4 nitrogen and oxygen atoms in total. The first kappa shape index (κ1) is 14.2. The summed E-state index contributed by atoms with van der Waals surface area (Å²) in [6.07, 6.45) is 1.61. The number of primary amides is 1.